The van der Waals surface area contributed by atoms with Crippen LogP contribution in [0.15, 0.2) is 54.6 Å². The predicted octanol–water partition coefficient (Wildman–Crippen LogP) is 4.14. The Labute approximate surface area is 214 Å². The van der Waals surface area contributed by atoms with E-state index < -0.39 is 21.9 Å². The van der Waals surface area contributed by atoms with E-state index in [0.717, 1.165) is 29.0 Å². The summed E-state index contributed by atoms with van der Waals surface area (Å²) in [6.45, 7) is 4.79. The van der Waals surface area contributed by atoms with E-state index in [1.54, 1.807) is 11.0 Å². The molecule has 198 valence electrons. The van der Waals surface area contributed by atoms with Gasteiger partial charge in [-0.25, -0.2) is 12.8 Å². The van der Waals surface area contributed by atoms with Gasteiger partial charge in [0.1, 0.15) is 11.9 Å². The number of anilines is 1. The molecule has 0 fully saturated rings. The van der Waals surface area contributed by atoms with Crippen LogP contribution in [0.3, 0.4) is 0 Å². The van der Waals surface area contributed by atoms with Gasteiger partial charge >= 0.3 is 0 Å². The van der Waals surface area contributed by atoms with Crippen molar-refractivity contribution in [2.45, 2.75) is 58.4 Å². The van der Waals surface area contributed by atoms with E-state index in [2.05, 4.69) is 5.32 Å². The highest BCUT2D eigenvalue weighted by atomic mass is 32.2. The third-order valence-electron chi connectivity index (χ3n) is 5.97. The molecule has 2 aromatic carbocycles. The number of nitrogens with zero attached hydrogens (tertiary/aromatic N) is 2. The quantitative estimate of drug-likeness (QED) is 0.359. The summed E-state index contributed by atoms with van der Waals surface area (Å²) in [5, 5.41) is 2.93. The van der Waals surface area contributed by atoms with Gasteiger partial charge in [0.05, 0.1) is 11.9 Å². The van der Waals surface area contributed by atoms with Crippen molar-refractivity contribution in [3.8, 4) is 0 Å². The van der Waals surface area contributed by atoms with Crippen molar-refractivity contribution in [2.75, 3.05) is 30.2 Å². The Morgan fingerprint density at radius 3 is 2.25 bits per heavy atom. The van der Waals surface area contributed by atoms with E-state index in [1.807, 2.05) is 44.2 Å². The number of halogens is 1. The first-order chi connectivity index (χ1) is 17.2. The van der Waals surface area contributed by atoms with Crippen molar-refractivity contribution in [3.63, 3.8) is 0 Å². The SMILES string of the molecule is CCCCNC(=O)C(CC)N(CCc1ccccc1)C(=O)CCCN(c1ccccc1F)S(C)(=O)=O. The largest absolute Gasteiger partial charge is 0.354 e. The van der Waals surface area contributed by atoms with E-state index in [4.69, 9.17) is 0 Å². The molecule has 1 unspecified atom stereocenters. The molecular formula is C27H38FN3O4S. The molecule has 2 amide bonds. The molecule has 0 aliphatic rings. The van der Waals surface area contributed by atoms with Crippen LogP contribution in [-0.2, 0) is 26.0 Å². The van der Waals surface area contributed by atoms with Crippen molar-refractivity contribution < 1.29 is 22.4 Å². The summed E-state index contributed by atoms with van der Waals surface area (Å²) in [6.07, 6.45) is 4.11. The van der Waals surface area contributed by atoms with E-state index in [0.29, 0.717) is 25.9 Å². The first-order valence-corrected chi connectivity index (χ1v) is 14.4. The summed E-state index contributed by atoms with van der Waals surface area (Å²) >= 11 is 0. The number of nitrogens with one attached hydrogen (secondary N) is 1. The molecule has 0 saturated carbocycles. The van der Waals surface area contributed by atoms with Crippen LogP contribution in [0.2, 0.25) is 0 Å². The fourth-order valence-corrected chi connectivity index (χ4v) is 5.00. The first-order valence-electron chi connectivity index (χ1n) is 12.5. The van der Waals surface area contributed by atoms with Crippen molar-refractivity contribution in [1.29, 1.82) is 0 Å². The van der Waals surface area contributed by atoms with Gasteiger partial charge in [-0.05, 0) is 43.4 Å². The van der Waals surface area contributed by atoms with Gasteiger partial charge in [-0.2, -0.15) is 0 Å². The van der Waals surface area contributed by atoms with Gasteiger partial charge in [0.25, 0.3) is 0 Å². The van der Waals surface area contributed by atoms with Crippen LogP contribution in [0.5, 0.6) is 0 Å². The van der Waals surface area contributed by atoms with Gasteiger partial charge in [0.15, 0.2) is 0 Å². The number of carbonyl (C=O) groups excluding carboxylic acids is 2. The minimum Gasteiger partial charge on any atom is -0.354 e. The highest BCUT2D eigenvalue weighted by Crippen LogP contribution is 2.22. The molecule has 2 rings (SSSR count). The molecule has 0 aliphatic carbocycles. The molecule has 9 heteroatoms. The lowest BCUT2D eigenvalue weighted by atomic mass is 10.1. The van der Waals surface area contributed by atoms with Gasteiger partial charge in [-0.15, -0.1) is 0 Å². The fraction of sp³-hybridized carbons (Fsp3) is 0.481. The summed E-state index contributed by atoms with van der Waals surface area (Å²) in [6, 6.07) is 14.8. The highest BCUT2D eigenvalue weighted by molar-refractivity contribution is 7.92. The minimum absolute atomic E-state index is 0.0357. The standard InChI is InChI=1S/C27H38FN3O4S/c1-4-6-19-29-27(33)24(5-2)30(21-18-22-13-8-7-9-14-22)26(32)17-12-20-31(36(3,34)35)25-16-11-10-15-23(25)28/h7-11,13-16,24H,4-6,12,17-21H2,1-3H3,(H,29,33). The van der Waals surface area contributed by atoms with Gasteiger partial charge in [-0.1, -0.05) is 62.7 Å². The van der Waals surface area contributed by atoms with E-state index in [-0.39, 0.29) is 36.9 Å². The zero-order valence-electron chi connectivity index (χ0n) is 21.5. The maximum Gasteiger partial charge on any atom is 0.242 e. The van der Waals surface area contributed by atoms with Crippen LogP contribution in [0.4, 0.5) is 10.1 Å². The zero-order valence-corrected chi connectivity index (χ0v) is 22.3. The predicted molar refractivity (Wildman–Crippen MR) is 142 cm³/mol. The summed E-state index contributed by atoms with van der Waals surface area (Å²) in [7, 11) is -3.75. The van der Waals surface area contributed by atoms with E-state index in [9.17, 15) is 22.4 Å². The molecule has 0 radical (unpaired) electrons. The number of para-hydroxylation sites is 1. The number of carbonyl (C=O) groups is 2. The van der Waals surface area contributed by atoms with Crippen molar-refractivity contribution in [2.24, 2.45) is 0 Å². The average molecular weight is 520 g/mol. The Bertz CT molecular complexity index is 1080. The third kappa shape index (κ3) is 8.93. The fourth-order valence-electron chi connectivity index (χ4n) is 4.04. The highest BCUT2D eigenvalue weighted by Gasteiger charge is 2.28. The first kappa shape index (κ1) is 29.3. The Morgan fingerprint density at radius 2 is 1.64 bits per heavy atom. The van der Waals surface area contributed by atoms with Gasteiger partial charge < -0.3 is 10.2 Å². The number of amides is 2. The zero-order chi connectivity index (χ0) is 26.6. The Hall–Kier alpha value is -2.94. The lowest BCUT2D eigenvalue weighted by Gasteiger charge is -2.31. The van der Waals surface area contributed by atoms with Crippen LogP contribution >= 0.6 is 0 Å². The molecule has 36 heavy (non-hydrogen) atoms. The second kappa shape index (κ2) is 14.6. The maximum absolute atomic E-state index is 14.3. The van der Waals surface area contributed by atoms with Gasteiger partial charge in [-0.3, -0.25) is 13.9 Å². The van der Waals surface area contributed by atoms with Crippen LogP contribution in [-0.4, -0.2) is 57.1 Å². The van der Waals surface area contributed by atoms with Gasteiger partial charge in [0.2, 0.25) is 21.8 Å². The molecule has 0 spiro atoms. The lowest BCUT2D eigenvalue weighted by Crippen LogP contribution is -2.50. The molecule has 1 N–H and O–H groups in total. The van der Waals surface area contributed by atoms with E-state index >= 15 is 0 Å². The van der Waals surface area contributed by atoms with Crippen molar-refractivity contribution in [3.05, 3.63) is 66.0 Å². The van der Waals surface area contributed by atoms with Crippen LogP contribution < -0.4 is 9.62 Å². The third-order valence-corrected chi connectivity index (χ3v) is 7.15. The molecule has 0 bridgehead atoms. The minimum atomic E-state index is -3.75. The van der Waals surface area contributed by atoms with Gasteiger partial charge in [0, 0.05) is 26.1 Å². The topological polar surface area (TPSA) is 86.8 Å². The smallest absolute Gasteiger partial charge is 0.242 e. The number of rotatable bonds is 15. The molecule has 1 atom stereocenters. The summed E-state index contributed by atoms with van der Waals surface area (Å²) < 4.78 is 39.9. The van der Waals surface area contributed by atoms with E-state index in [1.165, 1.54) is 18.2 Å². The number of hydrogen-bond donors (Lipinski definition) is 1. The lowest BCUT2D eigenvalue weighted by molar-refractivity contribution is -0.140. The van der Waals surface area contributed by atoms with Crippen LogP contribution in [0.1, 0.15) is 51.5 Å². The summed E-state index contributed by atoms with van der Waals surface area (Å²) in [5.74, 6) is -1.06. The average Bonchev–Trinajstić information content (AvgIpc) is 2.85. The monoisotopic (exact) mass is 519 g/mol. The number of benzene rings is 2. The number of hydrogen-bond acceptors (Lipinski definition) is 4. The Morgan fingerprint density at radius 1 is 0.972 bits per heavy atom. The van der Waals surface area contributed by atoms with Crippen LogP contribution in [0.25, 0.3) is 0 Å². The Kier molecular flexibility index (Phi) is 11.9. The van der Waals surface area contributed by atoms with Crippen LogP contribution in [0, 0.1) is 5.82 Å². The molecule has 0 aromatic heterocycles. The molecule has 7 nitrogen and oxygen atoms in total. The number of unbranched alkanes of at least 4 members (excludes halogenated alkanes) is 1. The second-order valence-corrected chi connectivity index (χ2v) is 10.7. The molecular weight excluding hydrogens is 481 g/mol. The second-order valence-electron chi connectivity index (χ2n) is 8.78. The molecule has 0 heterocycles. The number of sulfonamides is 1. The summed E-state index contributed by atoms with van der Waals surface area (Å²) in [5.41, 5.74) is 1.01. The molecule has 0 saturated heterocycles. The normalized spacial score (nSPS) is 12.1. The molecule has 0 aliphatic heterocycles. The molecule has 2 aromatic rings. The Balaban J connectivity index is 2.14. The van der Waals surface area contributed by atoms with Crippen molar-refractivity contribution >= 4 is 27.5 Å². The maximum atomic E-state index is 14.3. The summed E-state index contributed by atoms with van der Waals surface area (Å²) in [4.78, 5) is 27.8. The van der Waals surface area contributed by atoms with Crippen molar-refractivity contribution in [1.82, 2.24) is 10.2 Å².